The van der Waals surface area contributed by atoms with Crippen molar-refractivity contribution in [3.63, 3.8) is 0 Å². The maximum Gasteiger partial charge on any atom is 0.236 e. The number of aliphatic hydroxyl groups is 1. The quantitative estimate of drug-likeness (QED) is 0.593. The number of thioether (sulfide) groups is 1. The van der Waals surface area contributed by atoms with E-state index >= 15 is 0 Å². The summed E-state index contributed by atoms with van der Waals surface area (Å²) in [5, 5.41) is 19.7. The van der Waals surface area contributed by atoms with Gasteiger partial charge in [-0.25, -0.2) is 0 Å². The molecule has 1 heterocycles. The maximum absolute atomic E-state index is 11.0. The van der Waals surface area contributed by atoms with Gasteiger partial charge < -0.3 is 19.9 Å². The van der Waals surface area contributed by atoms with E-state index in [1.165, 1.54) is 18.9 Å². The molecule has 1 amide bonds. The molecule has 2 N–H and O–H groups in total. The average Bonchev–Trinajstić information content (AvgIpc) is 2.91. The Morgan fingerprint density at radius 3 is 3.00 bits per heavy atom. The van der Waals surface area contributed by atoms with E-state index in [4.69, 9.17) is 14.6 Å². The molecule has 1 aromatic rings. The van der Waals surface area contributed by atoms with Gasteiger partial charge in [-0.15, -0.1) is 5.10 Å². The number of nitrogens with zero attached hydrogens (tertiary/aromatic N) is 2. The highest BCUT2D eigenvalue weighted by atomic mass is 32.2. The second-order valence-electron chi connectivity index (χ2n) is 3.97. The predicted molar refractivity (Wildman–Crippen MR) is 81.2 cm³/mol. The van der Waals surface area contributed by atoms with Crippen molar-refractivity contribution in [1.82, 2.24) is 5.32 Å². The van der Waals surface area contributed by atoms with Gasteiger partial charge in [0.25, 0.3) is 0 Å². The highest BCUT2D eigenvalue weighted by Crippen LogP contribution is 2.27. The van der Waals surface area contributed by atoms with Crippen LogP contribution in [-0.4, -0.2) is 48.5 Å². The molecule has 1 fully saturated rings. The van der Waals surface area contributed by atoms with E-state index in [9.17, 15) is 4.79 Å². The minimum absolute atomic E-state index is 0.0623. The van der Waals surface area contributed by atoms with Crippen LogP contribution in [0.3, 0.4) is 0 Å². The van der Waals surface area contributed by atoms with Gasteiger partial charge >= 0.3 is 0 Å². The van der Waals surface area contributed by atoms with Crippen molar-refractivity contribution in [1.29, 1.82) is 0 Å². The van der Waals surface area contributed by atoms with Crippen molar-refractivity contribution in [2.24, 2.45) is 10.2 Å². The fraction of sp³-hybridized carbons (Fsp3) is 0.308. The molecule has 112 valence electrons. The number of aliphatic hydroxyl groups excluding tert-OH is 1. The molecular weight excluding hydrogens is 294 g/mol. The van der Waals surface area contributed by atoms with E-state index in [2.05, 4.69) is 15.5 Å². The lowest BCUT2D eigenvalue weighted by atomic mass is 10.2. The Labute approximate surface area is 126 Å². The third-order valence-electron chi connectivity index (χ3n) is 2.48. The number of nitrogens with one attached hydrogen (secondary N) is 1. The molecule has 1 saturated heterocycles. The zero-order valence-corrected chi connectivity index (χ0v) is 12.2. The fourth-order valence-electron chi connectivity index (χ4n) is 1.57. The summed E-state index contributed by atoms with van der Waals surface area (Å²) < 4.78 is 10.5. The van der Waals surface area contributed by atoms with Crippen LogP contribution in [0.25, 0.3) is 0 Å². The molecule has 8 heteroatoms. The van der Waals surface area contributed by atoms with Crippen molar-refractivity contribution in [2.45, 2.75) is 0 Å². The second kappa shape index (κ2) is 7.65. The van der Waals surface area contributed by atoms with Gasteiger partial charge in [0.05, 0.1) is 25.7 Å². The van der Waals surface area contributed by atoms with Gasteiger partial charge in [0, 0.05) is 0 Å². The average molecular weight is 309 g/mol. The molecule has 0 aromatic heterocycles. The Morgan fingerprint density at radius 2 is 2.33 bits per heavy atom. The number of ether oxygens (including phenoxy) is 2. The Bertz CT molecular complexity index is 575. The van der Waals surface area contributed by atoms with Crippen LogP contribution < -0.4 is 14.8 Å². The molecule has 0 saturated carbocycles. The molecule has 0 aliphatic carbocycles. The minimum Gasteiger partial charge on any atom is -0.493 e. The number of hydrogen-bond acceptors (Lipinski definition) is 7. The molecule has 0 bridgehead atoms. The molecule has 0 spiro atoms. The van der Waals surface area contributed by atoms with E-state index in [1.54, 1.807) is 24.4 Å². The van der Waals surface area contributed by atoms with E-state index < -0.39 is 0 Å². The summed E-state index contributed by atoms with van der Waals surface area (Å²) in [5.74, 6) is 1.40. The van der Waals surface area contributed by atoms with Crippen molar-refractivity contribution >= 4 is 29.1 Å². The largest absolute Gasteiger partial charge is 0.493 e. The van der Waals surface area contributed by atoms with Crippen LogP contribution in [0.1, 0.15) is 5.56 Å². The summed E-state index contributed by atoms with van der Waals surface area (Å²) >= 11 is 1.31. The molecule has 1 aromatic carbocycles. The van der Waals surface area contributed by atoms with Crippen LogP contribution in [0, 0.1) is 0 Å². The van der Waals surface area contributed by atoms with Gasteiger partial charge in [0.1, 0.15) is 6.61 Å². The molecule has 0 atom stereocenters. The van der Waals surface area contributed by atoms with Crippen molar-refractivity contribution < 1.29 is 19.4 Å². The van der Waals surface area contributed by atoms with E-state index in [0.29, 0.717) is 22.4 Å². The topological polar surface area (TPSA) is 92.5 Å². The van der Waals surface area contributed by atoms with Crippen LogP contribution in [0.4, 0.5) is 0 Å². The third-order valence-corrected chi connectivity index (χ3v) is 3.34. The van der Waals surface area contributed by atoms with Gasteiger partial charge in [0.15, 0.2) is 16.7 Å². The Hall–Kier alpha value is -2.06. The van der Waals surface area contributed by atoms with Crippen LogP contribution in [0.5, 0.6) is 11.5 Å². The molecular formula is C13H15N3O4S. The number of benzene rings is 1. The summed E-state index contributed by atoms with van der Waals surface area (Å²) in [7, 11) is 1.53. The number of amides is 1. The monoisotopic (exact) mass is 309 g/mol. The zero-order chi connectivity index (χ0) is 15.1. The fourth-order valence-corrected chi connectivity index (χ4v) is 2.20. The van der Waals surface area contributed by atoms with Crippen LogP contribution in [0.2, 0.25) is 0 Å². The summed E-state index contributed by atoms with van der Waals surface area (Å²) in [5.41, 5.74) is 0.780. The lowest BCUT2D eigenvalue weighted by molar-refractivity contribution is -0.116. The highest BCUT2D eigenvalue weighted by molar-refractivity contribution is 8.15. The first-order valence-electron chi connectivity index (χ1n) is 6.18. The number of methoxy groups -OCH3 is 1. The second-order valence-corrected chi connectivity index (χ2v) is 4.93. The number of carbonyl (C=O) groups is 1. The van der Waals surface area contributed by atoms with Gasteiger partial charge in [-0.2, -0.15) is 5.10 Å². The number of carbonyl (C=O) groups excluding carboxylic acids is 1. The van der Waals surface area contributed by atoms with Crippen LogP contribution >= 0.6 is 11.8 Å². The van der Waals surface area contributed by atoms with Crippen LogP contribution in [0.15, 0.2) is 28.4 Å². The van der Waals surface area contributed by atoms with Gasteiger partial charge in [-0.1, -0.05) is 11.8 Å². The zero-order valence-electron chi connectivity index (χ0n) is 11.4. The summed E-state index contributed by atoms with van der Waals surface area (Å²) in [6, 6.07) is 5.27. The summed E-state index contributed by atoms with van der Waals surface area (Å²) in [4.78, 5) is 11.0. The third kappa shape index (κ3) is 4.47. The Balaban J connectivity index is 2.04. The molecule has 1 aliphatic rings. The van der Waals surface area contributed by atoms with Gasteiger partial charge in [0.2, 0.25) is 5.91 Å². The first-order chi connectivity index (χ1) is 10.2. The van der Waals surface area contributed by atoms with E-state index in [-0.39, 0.29) is 19.1 Å². The smallest absolute Gasteiger partial charge is 0.236 e. The number of rotatable bonds is 6. The standard InChI is InChI=1S/C13H15N3O4S/c1-19-11-6-9(2-3-10(11)20-5-4-17)7-14-16-13-15-12(18)8-21-13/h2-3,6-7,17H,4-5,8H2,1H3,(H,15,16,18). The molecule has 0 unspecified atom stereocenters. The SMILES string of the molecule is COc1cc(C=NN=C2NC(=O)CS2)ccc1OCCO. The van der Waals surface area contributed by atoms with E-state index in [0.717, 1.165) is 5.56 Å². The number of amidine groups is 1. The highest BCUT2D eigenvalue weighted by Gasteiger charge is 2.15. The first-order valence-corrected chi connectivity index (χ1v) is 7.17. The van der Waals surface area contributed by atoms with Gasteiger partial charge in [-0.3, -0.25) is 4.79 Å². The van der Waals surface area contributed by atoms with Crippen molar-refractivity contribution in [3.8, 4) is 11.5 Å². The molecule has 1 aliphatic heterocycles. The maximum atomic E-state index is 11.0. The van der Waals surface area contributed by atoms with E-state index in [1.807, 2.05) is 0 Å². The minimum atomic E-state index is -0.0685. The normalized spacial score (nSPS) is 16.5. The molecule has 21 heavy (non-hydrogen) atoms. The summed E-state index contributed by atoms with van der Waals surface area (Å²) in [6.45, 7) is 0.140. The Morgan fingerprint density at radius 1 is 1.48 bits per heavy atom. The van der Waals surface area contributed by atoms with Gasteiger partial charge in [-0.05, 0) is 23.8 Å². The molecule has 2 rings (SSSR count). The number of hydrogen-bond donors (Lipinski definition) is 2. The lowest BCUT2D eigenvalue weighted by Gasteiger charge is -2.09. The van der Waals surface area contributed by atoms with Crippen LogP contribution in [-0.2, 0) is 4.79 Å². The molecule has 0 radical (unpaired) electrons. The summed E-state index contributed by atoms with van der Waals surface area (Å²) in [6.07, 6.45) is 1.55. The Kier molecular flexibility index (Phi) is 5.59. The molecule has 7 nitrogen and oxygen atoms in total. The predicted octanol–water partition coefficient (Wildman–Crippen LogP) is 0.619. The van der Waals surface area contributed by atoms with Crippen molar-refractivity contribution in [2.75, 3.05) is 26.1 Å². The van der Waals surface area contributed by atoms with Crippen molar-refractivity contribution in [3.05, 3.63) is 23.8 Å². The lowest BCUT2D eigenvalue weighted by Crippen LogP contribution is -2.19. The first kappa shape index (κ1) is 15.3.